The minimum absolute atomic E-state index is 0.170. The average Bonchev–Trinajstić information content (AvgIpc) is 3.20. The van der Waals surface area contributed by atoms with Gasteiger partial charge in [-0.3, -0.25) is 4.79 Å². The molecule has 2 heterocycles. The van der Waals surface area contributed by atoms with E-state index in [0.717, 1.165) is 52.2 Å². The van der Waals surface area contributed by atoms with Crippen LogP contribution in [0.5, 0.6) is 0 Å². The van der Waals surface area contributed by atoms with Gasteiger partial charge in [0.1, 0.15) is 6.10 Å². The van der Waals surface area contributed by atoms with Gasteiger partial charge in [-0.2, -0.15) is 0 Å². The second-order valence-electron chi connectivity index (χ2n) is 6.98. The maximum absolute atomic E-state index is 12.8. The molecule has 4 heteroatoms. The number of carbonyl (C=O) groups excluding carboxylic acids is 1. The van der Waals surface area contributed by atoms with Gasteiger partial charge < -0.3 is 14.4 Å². The Balaban J connectivity index is 1.59. The first kappa shape index (κ1) is 15.3. The van der Waals surface area contributed by atoms with Crippen LogP contribution in [-0.2, 0) is 14.3 Å². The van der Waals surface area contributed by atoms with E-state index >= 15 is 0 Å². The highest BCUT2D eigenvalue weighted by atomic mass is 16.5. The molecule has 21 heavy (non-hydrogen) atoms. The summed E-state index contributed by atoms with van der Waals surface area (Å²) in [5, 5.41) is 0. The molecule has 0 N–H and O–H groups in total. The standard InChI is InChI=1S/C17H29NO3/c19-17(16-7-4-9-21-16)18(12-15-8-10-20-13-15)11-14-5-2-1-3-6-14/h14-16H,1-13H2/t15-,16+/m0/s1. The van der Waals surface area contributed by atoms with Gasteiger partial charge in [-0.05, 0) is 38.0 Å². The van der Waals surface area contributed by atoms with Crippen molar-refractivity contribution in [1.82, 2.24) is 4.90 Å². The largest absolute Gasteiger partial charge is 0.381 e. The summed E-state index contributed by atoms with van der Waals surface area (Å²) in [7, 11) is 0. The smallest absolute Gasteiger partial charge is 0.251 e. The van der Waals surface area contributed by atoms with Crippen LogP contribution in [0.4, 0.5) is 0 Å². The van der Waals surface area contributed by atoms with E-state index in [2.05, 4.69) is 4.90 Å². The summed E-state index contributed by atoms with van der Waals surface area (Å²) in [6, 6.07) is 0. The second-order valence-corrected chi connectivity index (χ2v) is 6.98. The summed E-state index contributed by atoms with van der Waals surface area (Å²) < 4.78 is 11.1. The van der Waals surface area contributed by atoms with E-state index in [9.17, 15) is 4.79 Å². The van der Waals surface area contributed by atoms with Crippen molar-refractivity contribution in [3.63, 3.8) is 0 Å². The minimum atomic E-state index is -0.170. The molecule has 2 atom stereocenters. The van der Waals surface area contributed by atoms with E-state index in [1.807, 2.05) is 0 Å². The molecular weight excluding hydrogens is 266 g/mol. The fraction of sp³-hybridized carbons (Fsp3) is 0.941. The van der Waals surface area contributed by atoms with Crippen LogP contribution in [0, 0.1) is 11.8 Å². The zero-order chi connectivity index (χ0) is 14.5. The van der Waals surface area contributed by atoms with E-state index in [4.69, 9.17) is 9.47 Å². The fourth-order valence-electron chi connectivity index (χ4n) is 3.95. The molecule has 0 radical (unpaired) electrons. The summed E-state index contributed by atoms with van der Waals surface area (Å²) in [5.41, 5.74) is 0. The third kappa shape index (κ3) is 4.19. The van der Waals surface area contributed by atoms with Crippen LogP contribution in [0.25, 0.3) is 0 Å². The molecule has 3 rings (SSSR count). The highest BCUT2D eigenvalue weighted by Crippen LogP contribution is 2.26. The molecule has 0 aromatic heterocycles. The fourth-order valence-corrected chi connectivity index (χ4v) is 3.95. The lowest BCUT2D eigenvalue weighted by molar-refractivity contribution is -0.142. The summed E-state index contributed by atoms with van der Waals surface area (Å²) in [4.78, 5) is 14.9. The quantitative estimate of drug-likeness (QED) is 0.782. The van der Waals surface area contributed by atoms with E-state index in [-0.39, 0.29) is 12.0 Å². The van der Waals surface area contributed by atoms with Crippen molar-refractivity contribution < 1.29 is 14.3 Å². The number of ether oxygens (including phenoxy) is 2. The van der Waals surface area contributed by atoms with Gasteiger partial charge in [0.05, 0.1) is 6.61 Å². The number of rotatable bonds is 5. The molecule has 0 aromatic carbocycles. The zero-order valence-corrected chi connectivity index (χ0v) is 13.1. The molecule has 120 valence electrons. The Bertz CT molecular complexity index is 329. The number of carbonyl (C=O) groups is 1. The Morgan fingerprint density at radius 2 is 1.71 bits per heavy atom. The third-order valence-electron chi connectivity index (χ3n) is 5.22. The van der Waals surface area contributed by atoms with Crippen LogP contribution in [-0.4, -0.2) is 49.8 Å². The monoisotopic (exact) mass is 295 g/mol. The first-order valence-electron chi connectivity index (χ1n) is 8.81. The molecule has 1 amide bonds. The van der Waals surface area contributed by atoms with Crippen LogP contribution in [0.3, 0.4) is 0 Å². The molecule has 0 spiro atoms. The zero-order valence-electron chi connectivity index (χ0n) is 13.1. The molecule has 2 saturated heterocycles. The Labute approximate surface area is 128 Å². The van der Waals surface area contributed by atoms with Gasteiger partial charge >= 0.3 is 0 Å². The Hall–Kier alpha value is -0.610. The normalized spacial score (nSPS) is 30.7. The van der Waals surface area contributed by atoms with Crippen molar-refractivity contribution in [2.75, 3.05) is 32.9 Å². The lowest BCUT2D eigenvalue weighted by Gasteiger charge is -2.32. The maximum Gasteiger partial charge on any atom is 0.251 e. The molecule has 0 aromatic rings. The number of hydrogen-bond acceptors (Lipinski definition) is 3. The number of amides is 1. The predicted molar refractivity (Wildman–Crippen MR) is 81.1 cm³/mol. The van der Waals surface area contributed by atoms with Gasteiger partial charge in [0, 0.05) is 32.2 Å². The molecule has 3 aliphatic rings. The van der Waals surface area contributed by atoms with Crippen molar-refractivity contribution in [3.05, 3.63) is 0 Å². The highest BCUT2D eigenvalue weighted by Gasteiger charge is 2.32. The first-order chi connectivity index (χ1) is 10.3. The minimum Gasteiger partial charge on any atom is -0.381 e. The van der Waals surface area contributed by atoms with Crippen LogP contribution in [0.15, 0.2) is 0 Å². The van der Waals surface area contributed by atoms with Crippen LogP contribution in [0.1, 0.15) is 51.4 Å². The summed E-state index contributed by atoms with van der Waals surface area (Å²) in [6.07, 6.45) is 9.47. The van der Waals surface area contributed by atoms with Crippen molar-refractivity contribution in [1.29, 1.82) is 0 Å². The first-order valence-corrected chi connectivity index (χ1v) is 8.81. The molecule has 3 fully saturated rings. The molecule has 0 bridgehead atoms. The summed E-state index contributed by atoms with van der Waals surface area (Å²) in [5.74, 6) is 1.47. The molecule has 1 aliphatic carbocycles. The molecule has 2 aliphatic heterocycles. The molecular formula is C17H29NO3. The van der Waals surface area contributed by atoms with Gasteiger partial charge in [-0.15, -0.1) is 0 Å². The third-order valence-corrected chi connectivity index (χ3v) is 5.22. The molecule has 4 nitrogen and oxygen atoms in total. The van der Waals surface area contributed by atoms with Gasteiger partial charge in [0.15, 0.2) is 0 Å². The van der Waals surface area contributed by atoms with E-state index in [1.54, 1.807) is 0 Å². The van der Waals surface area contributed by atoms with Gasteiger partial charge in [0.2, 0.25) is 0 Å². The Kier molecular flexibility index (Phi) is 5.53. The van der Waals surface area contributed by atoms with Gasteiger partial charge in [-0.1, -0.05) is 19.3 Å². The van der Waals surface area contributed by atoms with Gasteiger partial charge in [0.25, 0.3) is 5.91 Å². The predicted octanol–water partition coefficient (Wildman–Crippen LogP) is 2.61. The second kappa shape index (κ2) is 7.59. The molecule has 0 unspecified atom stereocenters. The van der Waals surface area contributed by atoms with Crippen LogP contribution >= 0.6 is 0 Å². The topological polar surface area (TPSA) is 38.8 Å². The van der Waals surface area contributed by atoms with Crippen molar-refractivity contribution in [2.24, 2.45) is 11.8 Å². The van der Waals surface area contributed by atoms with E-state index in [0.29, 0.717) is 11.8 Å². The van der Waals surface area contributed by atoms with E-state index < -0.39 is 0 Å². The Morgan fingerprint density at radius 1 is 0.905 bits per heavy atom. The number of nitrogens with zero attached hydrogens (tertiary/aromatic N) is 1. The van der Waals surface area contributed by atoms with Crippen LogP contribution in [0.2, 0.25) is 0 Å². The Morgan fingerprint density at radius 3 is 2.38 bits per heavy atom. The molecule has 1 saturated carbocycles. The van der Waals surface area contributed by atoms with E-state index in [1.165, 1.54) is 32.1 Å². The van der Waals surface area contributed by atoms with Crippen LogP contribution < -0.4 is 0 Å². The lowest BCUT2D eigenvalue weighted by Crippen LogP contribution is -2.44. The summed E-state index contributed by atoms with van der Waals surface area (Å²) >= 11 is 0. The summed E-state index contributed by atoms with van der Waals surface area (Å²) in [6.45, 7) is 4.24. The highest BCUT2D eigenvalue weighted by molar-refractivity contribution is 5.81. The SMILES string of the molecule is O=C([C@H]1CCCO1)N(CC1CCCCC1)C[C@@H]1CCOC1. The average molecular weight is 295 g/mol. The number of hydrogen-bond donors (Lipinski definition) is 0. The van der Waals surface area contributed by atoms with Crippen molar-refractivity contribution >= 4 is 5.91 Å². The lowest BCUT2D eigenvalue weighted by atomic mass is 9.88. The van der Waals surface area contributed by atoms with Crippen molar-refractivity contribution in [3.8, 4) is 0 Å². The van der Waals surface area contributed by atoms with Gasteiger partial charge in [-0.25, -0.2) is 0 Å². The maximum atomic E-state index is 12.8. The van der Waals surface area contributed by atoms with Crippen molar-refractivity contribution in [2.45, 2.75) is 57.5 Å².